The molecule has 0 spiro atoms. The zero-order chi connectivity index (χ0) is 14.5. The van der Waals surface area contributed by atoms with Crippen molar-refractivity contribution in [1.29, 1.82) is 0 Å². The first-order chi connectivity index (χ1) is 9.63. The van der Waals surface area contributed by atoms with Gasteiger partial charge in [0, 0.05) is 23.9 Å². The van der Waals surface area contributed by atoms with Crippen LogP contribution >= 0.6 is 11.8 Å². The second-order valence-corrected chi connectivity index (χ2v) is 8.02. The molecule has 1 aliphatic carbocycles. The highest BCUT2D eigenvalue weighted by molar-refractivity contribution is 8.14. The van der Waals surface area contributed by atoms with Crippen molar-refractivity contribution < 1.29 is 0 Å². The van der Waals surface area contributed by atoms with E-state index in [0.717, 1.165) is 23.7 Å². The molecule has 0 aromatic rings. The van der Waals surface area contributed by atoms with E-state index in [1.54, 1.807) is 0 Å². The van der Waals surface area contributed by atoms with Gasteiger partial charge in [-0.15, -0.1) is 0 Å². The Balaban J connectivity index is 2.16. The smallest absolute Gasteiger partial charge is 0.160 e. The van der Waals surface area contributed by atoms with Gasteiger partial charge in [0.1, 0.15) is 7.85 Å². The molecule has 2 rings (SSSR count). The van der Waals surface area contributed by atoms with Gasteiger partial charge in [-0.3, -0.25) is 4.99 Å². The molecule has 0 N–H and O–H groups in total. The summed E-state index contributed by atoms with van der Waals surface area (Å²) in [7, 11) is 2.45. The second kappa shape index (κ2) is 7.77. The molecule has 1 aliphatic heterocycles. The molecule has 2 fully saturated rings. The number of hydrogen-bond donors (Lipinski definition) is 0. The normalized spacial score (nSPS) is 34.5. The van der Waals surface area contributed by atoms with Crippen LogP contribution in [0.2, 0.25) is 5.82 Å². The Labute approximate surface area is 130 Å². The molecule has 2 aliphatic rings. The first-order valence-corrected chi connectivity index (χ1v) is 9.50. The highest BCUT2D eigenvalue weighted by atomic mass is 32.2. The molecule has 4 heteroatoms. The summed E-state index contributed by atoms with van der Waals surface area (Å²) in [5.41, 5.74) is 0. The van der Waals surface area contributed by atoms with E-state index in [2.05, 4.69) is 45.3 Å². The SMILES string of the molecule is BC1CCCCCCC2C(C1)S/C(=N\CC)N2C(C)C. The quantitative estimate of drug-likeness (QED) is 0.721. The first kappa shape index (κ1) is 16.3. The fourth-order valence-corrected chi connectivity index (χ4v) is 5.49. The van der Waals surface area contributed by atoms with Crippen molar-refractivity contribution in [2.45, 2.75) is 88.9 Å². The highest BCUT2D eigenvalue weighted by Gasteiger charge is 2.40. The van der Waals surface area contributed by atoms with Crippen LogP contribution in [0.4, 0.5) is 0 Å². The van der Waals surface area contributed by atoms with Crippen molar-refractivity contribution in [2.75, 3.05) is 6.54 Å². The Morgan fingerprint density at radius 2 is 1.95 bits per heavy atom. The maximum Gasteiger partial charge on any atom is 0.160 e. The Morgan fingerprint density at radius 1 is 1.25 bits per heavy atom. The third-order valence-electron chi connectivity index (χ3n) is 4.70. The van der Waals surface area contributed by atoms with Gasteiger partial charge in [-0.1, -0.05) is 49.7 Å². The van der Waals surface area contributed by atoms with E-state index in [0.29, 0.717) is 6.04 Å². The zero-order valence-corrected chi connectivity index (χ0v) is 14.6. The third kappa shape index (κ3) is 3.96. The van der Waals surface area contributed by atoms with Crippen LogP contribution in [0.25, 0.3) is 0 Å². The van der Waals surface area contributed by atoms with Gasteiger partial charge in [-0.2, -0.15) is 0 Å². The maximum atomic E-state index is 4.79. The standard InChI is InChI=1S/C16H31BN2S/c1-4-18-16-19(12(2)3)14-10-8-6-5-7-9-13(17)11-15(14)20-16/h12-15H,4-11,17H2,1-3H3/b18-16-. The van der Waals surface area contributed by atoms with Gasteiger partial charge in [0.2, 0.25) is 0 Å². The molecule has 3 atom stereocenters. The summed E-state index contributed by atoms with van der Waals surface area (Å²) in [4.78, 5) is 7.42. The van der Waals surface area contributed by atoms with E-state index in [1.807, 2.05) is 0 Å². The molecule has 114 valence electrons. The summed E-state index contributed by atoms with van der Waals surface area (Å²) in [6.45, 7) is 7.73. The molecule has 0 radical (unpaired) electrons. The number of fused-ring (bicyclic) bond motifs is 1. The number of thioether (sulfide) groups is 1. The van der Waals surface area contributed by atoms with Crippen molar-refractivity contribution >= 4 is 24.8 Å². The summed E-state index contributed by atoms with van der Waals surface area (Å²) in [6, 6.07) is 1.31. The van der Waals surface area contributed by atoms with E-state index in [4.69, 9.17) is 4.99 Å². The third-order valence-corrected chi connectivity index (χ3v) is 6.06. The van der Waals surface area contributed by atoms with Crippen molar-refractivity contribution in [2.24, 2.45) is 4.99 Å². The van der Waals surface area contributed by atoms with Crippen LogP contribution in [-0.4, -0.2) is 41.8 Å². The lowest BCUT2D eigenvalue weighted by Gasteiger charge is -2.33. The fraction of sp³-hybridized carbons (Fsp3) is 0.938. The van der Waals surface area contributed by atoms with Gasteiger partial charge in [-0.25, -0.2) is 0 Å². The van der Waals surface area contributed by atoms with Crippen molar-refractivity contribution in [1.82, 2.24) is 4.90 Å². The average molecular weight is 294 g/mol. The molecule has 1 saturated carbocycles. The first-order valence-electron chi connectivity index (χ1n) is 8.63. The number of hydrogen-bond acceptors (Lipinski definition) is 2. The second-order valence-electron chi connectivity index (χ2n) is 6.81. The van der Waals surface area contributed by atoms with Gasteiger partial charge >= 0.3 is 0 Å². The minimum atomic E-state index is 0.584. The largest absolute Gasteiger partial charge is 0.345 e. The predicted molar refractivity (Wildman–Crippen MR) is 94.7 cm³/mol. The zero-order valence-electron chi connectivity index (χ0n) is 13.8. The van der Waals surface area contributed by atoms with E-state index in [9.17, 15) is 0 Å². The molecule has 20 heavy (non-hydrogen) atoms. The summed E-state index contributed by atoms with van der Waals surface area (Å²) in [5, 5.41) is 2.10. The Bertz CT molecular complexity index is 332. The lowest BCUT2D eigenvalue weighted by molar-refractivity contribution is 0.244. The average Bonchev–Trinajstić information content (AvgIpc) is 2.72. The van der Waals surface area contributed by atoms with Crippen LogP contribution in [0.1, 0.15) is 65.7 Å². The summed E-state index contributed by atoms with van der Waals surface area (Å²) < 4.78 is 0. The molecule has 1 saturated heterocycles. The number of aliphatic imine (C=N–C) groups is 1. The molecule has 1 heterocycles. The number of amidine groups is 1. The van der Waals surface area contributed by atoms with Crippen LogP contribution in [0.3, 0.4) is 0 Å². The van der Waals surface area contributed by atoms with E-state index < -0.39 is 0 Å². The fourth-order valence-electron chi connectivity index (χ4n) is 3.70. The summed E-state index contributed by atoms with van der Waals surface area (Å²) >= 11 is 2.07. The van der Waals surface area contributed by atoms with Crippen LogP contribution in [0.5, 0.6) is 0 Å². The van der Waals surface area contributed by atoms with Crippen LogP contribution < -0.4 is 0 Å². The van der Waals surface area contributed by atoms with Crippen LogP contribution in [0, 0.1) is 0 Å². The lowest BCUT2D eigenvalue weighted by Crippen LogP contribution is -2.42. The topological polar surface area (TPSA) is 15.6 Å². The number of rotatable bonds is 2. The van der Waals surface area contributed by atoms with Gasteiger partial charge in [0.15, 0.2) is 5.17 Å². The van der Waals surface area contributed by atoms with Gasteiger partial charge < -0.3 is 4.90 Å². The molecular formula is C16H31BN2S. The molecule has 3 unspecified atom stereocenters. The van der Waals surface area contributed by atoms with Gasteiger partial charge in [0.05, 0.1) is 0 Å². The highest BCUT2D eigenvalue weighted by Crippen LogP contribution is 2.41. The van der Waals surface area contributed by atoms with Crippen LogP contribution in [0.15, 0.2) is 4.99 Å². The number of nitrogens with zero attached hydrogens (tertiary/aromatic N) is 2. The Hall–Kier alpha value is -0.115. The van der Waals surface area contributed by atoms with Gasteiger partial charge in [-0.05, 0) is 33.6 Å². The van der Waals surface area contributed by atoms with Crippen LogP contribution in [-0.2, 0) is 0 Å². The maximum absolute atomic E-state index is 4.79. The van der Waals surface area contributed by atoms with Crippen molar-refractivity contribution in [3.05, 3.63) is 0 Å². The minimum Gasteiger partial charge on any atom is -0.345 e. The lowest BCUT2D eigenvalue weighted by atomic mass is 9.77. The van der Waals surface area contributed by atoms with Crippen molar-refractivity contribution in [3.63, 3.8) is 0 Å². The van der Waals surface area contributed by atoms with E-state index in [-0.39, 0.29) is 0 Å². The molecule has 0 bridgehead atoms. The molecular weight excluding hydrogens is 263 g/mol. The van der Waals surface area contributed by atoms with E-state index in [1.165, 1.54) is 50.1 Å². The summed E-state index contributed by atoms with van der Waals surface area (Å²) in [5.74, 6) is 0.878. The van der Waals surface area contributed by atoms with E-state index >= 15 is 0 Å². The predicted octanol–water partition coefficient (Wildman–Crippen LogP) is 3.72. The molecule has 2 nitrogen and oxygen atoms in total. The van der Waals surface area contributed by atoms with Crippen molar-refractivity contribution in [3.8, 4) is 0 Å². The molecule has 0 aromatic heterocycles. The Morgan fingerprint density at radius 3 is 2.60 bits per heavy atom. The molecule has 0 aromatic carbocycles. The molecule has 0 amide bonds. The summed E-state index contributed by atoms with van der Waals surface area (Å²) in [6.07, 6.45) is 9.86. The Kier molecular flexibility index (Phi) is 6.32. The van der Waals surface area contributed by atoms with Gasteiger partial charge in [0.25, 0.3) is 0 Å². The minimum absolute atomic E-state index is 0.584. The monoisotopic (exact) mass is 294 g/mol.